The van der Waals surface area contributed by atoms with Gasteiger partial charge in [0.05, 0.1) is 15.5 Å². The molecule has 0 aliphatic heterocycles. The summed E-state index contributed by atoms with van der Waals surface area (Å²) in [6.07, 6.45) is 7.12. The van der Waals surface area contributed by atoms with Gasteiger partial charge in [0, 0.05) is 5.41 Å². The van der Waals surface area contributed by atoms with Gasteiger partial charge in [0.2, 0.25) is 9.84 Å². The molecule has 0 atom stereocenters. The summed E-state index contributed by atoms with van der Waals surface area (Å²) in [6, 6.07) is 4.19. The molecule has 1 aliphatic carbocycles. The van der Waals surface area contributed by atoms with E-state index in [0.717, 1.165) is 31.1 Å². The molecule has 1 N–H and O–H groups in total. The van der Waals surface area contributed by atoms with Gasteiger partial charge in [0.25, 0.3) is 0 Å². The van der Waals surface area contributed by atoms with Crippen molar-refractivity contribution < 1.29 is 18.3 Å². The molecule has 1 aromatic rings. The Morgan fingerprint density at radius 3 is 2.43 bits per heavy atom. The zero-order valence-electron chi connectivity index (χ0n) is 12.7. The molecule has 1 saturated carbocycles. The fourth-order valence-corrected chi connectivity index (χ4v) is 4.09. The van der Waals surface area contributed by atoms with Crippen LogP contribution in [0.3, 0.4) is 0 Å². The van der Waals surface area contributed by atoms with Crippen LogP contribution >= 0.6 is 11.6 Å². The number of benzene rings is 1. The SMILES string of the molecule is C=CS(=O)(=O)c1ccc(/C(=C\C2CCCCC2)C(=O)O)cc1Cl. The molecule has 0 saturated heterocycles. The average molecular weight is 355 g/mol. The van der Waals surface area contributed by atoms with E-state index in [4.69, 9.17) is 11.6 Å². The van der Waals surface area contributed by atoms with Gasteiger partial charge in [0.1, 0.15) is 0 Å². The maximum Gasteiger partial charge on any atom is 0.335 e. The van der Waals surface area contributed by atoms with E-state index in [2.05, 4.69) is 6.58 Å². The molecule has 0 heterocycles. The van der Waals surface area contributed by atoms with Crippen molar-refractivity contribution in [2.75, 3.05) is 0 Å². The van der Waals surface area contributed by atoms with E-state index < -0.39 is 15.8 Å². The molecule has 6 heteroatoms. The lowest BCUT2D eigenvalue weighted by atomic mass is 9.87. The predicted octanol–water partition coefficient (Wildman–Crippen LogP) is 4.31. The second-order valence-electron chi connectivity index (χ2n) is 5.64. The van der Waals surface area contributed by atoms with Crippen LogP contribution in [-0.4, -0.2) is 19.5 Å². The first kappa shape index (κ1) is 17.8. The van der Waals surface area contributed by atoms with Crippen LogP contribution in [0.2, 0.25) is 5.02 Å². The molecule has 0 spiro atoms. The molecule has 1 aromatic carbocycles. The lowest BCUT2D eigenvalue weighted by molar-refractivity contribution is -0.130. The minimum Gasteiger partial charge on any atom is -0.478 e. The summed E-state index contributed by atoms with van der Waals surface area (Å²) >= 11 is 6.04. The molecule has 0 radical (unpaired) electrons. The Balaban J connectivity index is 2.41. The van der Waals surface area contributed by atoms with Crippen LogP contribution in [0.1, 0.15) is 37.7 Å². The second kappa shape index (κ2) is 7.32. The van der Waals surface area contributed by atoms with Crippen LogP contribution in [0.4, 0.5) is 0 Å². The van der Waals surface area contributed by atoms with Gasteiger partial charge in [-0.25, -0.2) is 13.2 Å². The zero-order chi connectivity index (χ0) is 17.0. The Bertz CT molecular complexity index is 744. The number of hydrogen-bond acceptors (Lipinski definition) is 3. The molecule has 23 heavy (non-hydrogen) atoms. The standard InChI is InChI=1S/C17H19ClO4S/c1-2-23(21,22)16-9-8-13(11-15(16)18)14(17(19)20)10-12-6-4-3-5-7-12/h2,8-12H,1,3-7H2,(H,19,20)/b14-10+. The summed E-state index contributed by atoms with van der Waals surface area (Å²) < 4.78 is 23.6. The minimum absolute atomic E-state index is 0.00167. The lowest BCUT2D eigenvalue weighted by Crippen LogP contribution is -2.08. The van der Waals surface area contributed by atoms with Gasteiger partial charge < -0.3 is 5.11 Å². The molecular weight excluding hydrogens is 336 g/mol. The van der Waals surface area contributed by atoms with Crippen molar-refractivity contribution in [1.29, 1.82) is 0 Å². The maximum absolute atomic E-state index is 11.8. The van der Waals surface area contributed by atoms with E-state index in [1.165, 1.54) is 24.6 Å². The molecule has 1 aliphatic rings. The van der Waals surface area contributed by atoms with E-state index in [0.29, 0.717) is 5.56 Å². The maximum atomic E-state index is 11.8. The second-order valence-corrected chi connectivity index (χ2v) is 7.91. The molecule has 0 amide bonds. The van der Waals surface area contributed by atoms with Gasteiger partial charge >= 0.3 is 5.97 Å². The number of carboxylic acids is 1. The quantitative estimate of drug-likeness (QED) is 0.800. The van der Waals surface area contributed by atoms with Crippen molar-refractivity contribution in [2.45, 2.75) is 37.0 Å². The number of sulfone groups is 1. The third-order valence-corrected chi connectivity index (χ3v) is 5.88. The Hall–Kier alpha value is -1.59. The van der Waals surface area contributed by atoms with Crippen molar-refractivity contribution in [1.82, 2.24) is 0 Å². The predicted molar refractivity (Wildman–Crippen MR) is 91.0 cm³/mol. The Morgan fingerprint density at radius 2 is 1.91 bits per heavy atom. The lowest BCUT2D eigenvalue weighted by Gasteiger charge is -2.19. The van der Waals surface area contributed by atoms with E-state index >= 15 is 0 Å². The molecular formula is C17H19ClO4S. The minimum atomic E-state index is -3.65. The van der Waals surface area contributed by atoms with Gasteiger partial charge in [-0.3, -0.25) is 0 Å². The fraction of sp³-hybridized carbons (Fsp3) is 0.353. The number of allylic oxidation sites excluding steroid dienone is 1. The van der Waals surface area contributed by atoms with Crippen molar-refractivity contribution in [2.24, 2.45) is 5.92 Å². The van der Waals surface area contributed by atoms with E-state index in [9.17, 15) is 18.3 Å². The summed E-state index contributed by atoms with van der Waals surface area (Å²) in [5.74, 6) is -0.795. The van der Waals surface area contributed by atoms with Gasteiger partial charge in [-0.1, -0.05) is 49.6 Å². The van der Waals surface area contributed by atoms with E-state index in [-0.39, 0.29) is 21.4 Å². The number of aliphatic carboxylic acids is 1. The Morgan fingerprint density at radius 1 is 1.26 bits per heavy atom. The highest BCUT2D eigenvalue weighted by atomic mass is 35.5. The van der Waals surface area contributed by atoms with E-state index in [1.807, 2.05) is 0 Å². The highest BCUT2D eigenvalue weighted by molar-refractivity contribution is 7.94. The summed E-state index contributed by atoms with van der Waals surface area (Å²) in [5, 5.41) is 10.3. The molecule has 4 nitrogen and oxygen atoms in total. The van der Waals surface area contributed by atoms with Gasteiger partial charge in [-0.2, -0.15) is 0 Å². The Labute approximate surface area is 141 Å². The summed E-state index contributed by atoms with van der Waals surface area (Å²) in [4.78, 5) is 11.5. The van der Waals surface area contributed by atoms with Crippen LogP contribution < -0.4 is 0 Å². The summed E-state index contributed by atoms with van der Waals surface area (Å²) in [6.45, 7) is 3.26. The van der Waals surface area contributed by atoms with Crippen LogP contribution in [-0.2, 0) is 14.6 Å². The summed E-state index contributed by atoms with van der Waals surface area (Å²) in [5.41, 5.74) is 0.581. The molecule has 0 aromatic heterocycles. The zero-order valence-corrected chi connectivity index (χ0v) is 14.2. The van der Waals surface area contributed by atoms with Crippen LogP contribution in [0.15, 0.2) is 41.2 Å². The van der Waals surface area contributed by atoms with Crippen LogP contribution in [0, 0.1) is 5.92 Å². The molecule has 0 unspecified atom stereocenters. The largest absolute Gasteiger partial charge is 0.478 e. The van der Waals surface area contributed by atoms with Crippen molar-refractivity contribution in [3.05, 3.63) is 46.8 Å². The molecule has 0 bridgehead atoms. The number of carbonyl (C=O) groups is 1. The normalized spacial score (nSPS) is 17.0. The fourth-order valence-electron chi connectivity index (χ4n) is 2.82. The number of halogens is 1. The van der Waals surface area contributed by atoms with E-state index in [1.54, 1.807) is 6.08 Å². The third-order valence-electron chi connectivity index (χ3n) is 4.05. The molecule has 124 valence electrons. The third kappa shape index (κ3) is 4.24. The molecule has 1 fully saturated rings. The first-order valence-electron chi connectivity index (χ1n) is 7.47. The first-order valence-corrected chi connectivity index (χ1v) is 9.40. The number of rotatable bonds is 5. The topological polar surface area (TPSA) is 71.4 Å². The van der Waals surface area contributed by atoms with Crippen molar-refractivity contribution >= 4 is 33.0 Å². The smallest absolute Gasteiger partial charge is 0.335 e. The number of hydrogen-bond donors (Lipinski definition) is 1. The van der Waals surface area contributed by atoms with Crippen molar-refractivity contribution in [3.8, 4) is 0 Å². The highest BCUT2D eigenvalue weighted by Crippen LogP contribution is 2.31. The van der Waals surface area contributed by atoms with Crippen LogP contribution in [0.5, 0.6) is 0 Å². The van der Waals surface area contributed by atoms with Crippen molar-refractivity contribution in [3.63, 3.8) is 0 Å². The van der Waals surface area contributed by atoms with Gasteiger partial charge in [0.15, 0.2) is 0 Å². The first-order chi connectivity index (χ1) is 10.8. The summed E-state index contributed by atoms with van der Waals surface area (Å²) in [7, 11) is -3.65. The number of carboxylic acid groups (broad SMARTS) is 1. The monoisotopic (exact) mass is 354 g/mol. The average Bonchev–Trinajstić information content (AvgIpc) is 2.53. The highest BCUT2D eigenvalue weighted by Gasteiger charge is 2.20. The Kier molecular flexibility index (Phi) is 5.65. The van der Waals surface area contributed by atoms with Gasteiger partial charge in [-0.05, 0) is 36.5 Å². The van der Waals surface area contributed by atoms with Gasteiger partial charge in [-0.15, -0.1) is 0 Å². The van der Waals surface area contributed by atoms with Crippen LogP contribution in [0.25, 0.3) is 5.57 Å². The molecule has 2 rings (SSSR count).